The number of aliphatic hydroxyl groups excluding tert-OH is 1. The van der Waals surface area contributed by atoms with Crippen LogP contribution in [0.2, 0.25) is 0 Å². The smallest absolute Gasteiger partial charge is 0.392 e. The summed E-state index contributed by atoms with van der Waals surface area (Å²) >= 11 is 0. The van der Waals surface area contributed by atoms with Gasteiger partial charge in [0.2, 0.25) is 5.91 Å². The average Bonchev–Trinajstić information content (AvgIpc) is 3.47. The molecule has 0 bridgehead atoms. The van der Waals surface area contributed by atoms with E-state index in [1.165, 1.54) is 0 Å². The molecule has 0 spiro atoms. The minimum Gasteiger partial charge on any atom is -0.393 e. The number of rotatable bonds is 6. The van der Waals surface area contributed by atoms with Gasteiger partial charge in [0, 0.05) is 23.9 Å². The van der Waals surface area contributed by atoms with Crippen molar-refractivity contribution in [1.82, 2.24) is 20.7 Å². The molecule has 8 atom stereocenters. The molecule has 3 saturated carbocycles. The Labute approximate surface area is 230 Å². The third-order valence-corrected chi connectivity index (χ3v) is 11.7. The number of hydrogen-bond acceptors (Lipinski definition) is 6. The molecule has 39 heavy (non-hydrogen) atoms. The van der Waals surface area contributed by atoms with Crippen LogP contribution in [0.25, 0.3) is 0 Å². The number of halogens is 3. The van der Waals surface area contributed by atoms with Crippen molar-refractivity contribution < 1.29 is 27.8 Å². The topological polar surface area (TPSA) is 77.1 Å². The number of hydrogen-bond donors (Lipinski definition) is 3. The van der Waals surface area contributed by atoms with Crippen LogP contribution in [-0.2, 0) is 9.53 Å². The summed E-state index contributed by atoms with van der Waals surface area (Å²) in [4.78, 5) is 18.0. The van der Waals surface area contributed by atoms with Gasteiger partial charge in [-0.15, -0.1) is 0 Å². The van der Waals surface area contributed by atoms with Crippen molar-refractivity contribution >= 4 is 5.91 Å². The first-order valence-electron chi connectivity index (χ1n) is 15.5. The summed E-state index contributed by atoms with van der Waals surface area (Å²) in [6, 6.07) is 0.00215. The van der Waals surface area contributed by atoms with E-state index >= 15 is 0 Å². The van der Waals surface area contributed by atoms with E-state index in [2.05, 4.69) is 22.8 Å². The van der Waals surface area contributed by atoms with Gasteiger partial charge in [0.15, 0.2) is 0 Å². The number of nitrogens with one attached hydrogen (secondary N) is 2. The number of ether oxygens (including phenoxy) is 1. The maximum atomic E-state index is 14.4. The second-order valence-electron chi connectivity index (χ2n) is 13.9. The highest BCUT2D eigenvalue weighted by Gasteiger charge is 2.59. The average molecular weight is 557 g/mol. The van der Waals surface area contributed by atoms with Crippen LogP contribution in [0.15, 0.2) is 0 Å². The Hall–Kier alpha value is -0.940. The predicted molar refractivity (Wildman–Crippen MR) is 140 cm³/mol. The number of alkyl halides is 3. The van der Waals surface area contributed by atoms with Gasteiger partial charge in [-0.2, -0.15) is 13.2 Å². The summed E-state index contributed by atoms with van der Waals surface area (Å²) in [5, 5.41) is 11.2. The van der Waals surface area contributed by atoms with Crippen molar-refractivity contribution in [1.29, 1.82) is 0 Å². The van der Waals surface area contributed by atoms with Crippen LogP contribution in [-0.4, -0.2) is 78.8 Å². The van der Waals surface area contributed by atoms with Crippen LogP contribution in [0.4, 0.5) is 13.2 Å². The van der Waals surface area contributed by atoms with Gasteiger partial charge in [-0.1, -0.05) is 25.7 Å². The van der Waals surface area contributed by atoms with Gasteiger partial charge < -0.3 is 14.7 Å². The second kappa shape index (κ2) is 11.0. The van der Waals surface area contributed by atoms with E-state index in [0.717, 1.165) is 70.9 Å². The first kappa shape index (κ1) is 28.2. The molecule has 6 rings (SSSR count). The summed E-state index contributed by atoms with van der Waals surface area (Å²) in [6.07, 6.45) is 5.27. The monoisotopic (exact) mass is 556 g/mol. The number of hydrazine groups is 1. The standard InChI is InChI=1S/C29H47F3N4O3/c1-35-17-33-34-25(35)13-28(15-39-16-28)20-8-5-9-21(12-20)36-14-23-22(27(36)38)10-19(11-24(23)29(30,31)32)26(37)18-6-3-2-4-7-18/h18-26,33-34,37H,2-17H2,1H3. The minimum absolute atomic E-state index is 0.00215. The lowest BCUT2D eigenvalue weighted by Gasteiger charge is -2.52. The van der Waals surface area contributed by atoms with Gasteiger partial charge >= 0.3 is 6.18 Å². The van der Waals surface area contributed by atoms with Gasteiger partial charge in [0.25, 0.3) is 0 Å². The first-order valence-corrected chi connectivity index (χ1v) is 15.5. The van der Waals surface area contributed by atoms with Crippen molar-refractivity contribution in [3.05, 3.63) is 0 Å². The molecule has 0 aromatic rings. The summed E-state index contributed by atoms with van der Waals surface area (Å²) in [5.41, 5.74) is 6.62. The molecule has 3 aliphatic carbocycles. The lowest BCUT2D eigenvalue weighted by atomic mass is 9.64. The number of fused-ring (bicyclic) bond motifs is 1. The molecule has 3 aliphatic heterocycles. The lowest BCUT2D eigenvalue weighted by Crippen LogP contribution is -2.56. The van der Waals surface area contributed by atoms with Gasteiger partial charge in [-0.3, -0.25) is 9.69 Å². The summed E-state index contributed by atoms with van der Waals surface area (Å²) in [5.74, 6) is -2.85. The first-order chi connectivity index (χ1) is 18.7. The molecule has 222 valence electrons. The molecule has 8 unspecified atom stereocenters. The highest BCUT2D eigenvalue weighted by molar-refractivity contribution is 5.82. The van der Waals surface area contributed by atoms with Crippen LogP contribution in [0, 0.1) is 40.9 Å². The molecule has 6 fully saturated rings. The number of carbonyl (C=O) groups is 1. The zero-order valence-electron chi connectivity index (χ0n) is 23.3. The Balaban J connectivity index is 1.16. The highest BCUT2D eigenvalue weighted by atomic mass is 19.4. The Bertz CT molecular complexity index is 880. The number of carbonyl (C=O) groups excluding carboxylic acids is 1. The quantitative estimate of drug-likeness (QED) is 0.461. The zero-order chi connectivity index (χ0) is 27.4. The van der Waals surface area contributed by atoms with Crippen LogP contribution >= 0.6 is 0 Å². The molecule has 0 aromatic heterocycles. The van der Waals surface area contributed by atoms with Crippen molar-refractivity contribution in [2.45, 2.75) is 102 Å². The molecule has 1 amide bonds. The fourth-order valence-corrected chi connectivity index (χ4v) is 9.28. The zero-order valence-corrected chi connectivity index (χ0v) is 23.3. The molecule has 3 heterocycles. The highest BCUT2D eigenvalue weighted by Crippen LogP contribution is 2.54. The number of amides is 1. The molecule has 6 aliphatic rings. The van der Waals surface area contributed by atoms with Crippen molar-refractivity contribution in [3.63, 3.8) is 0 Å². The van der Waals surface area contributed by atoms with Crippen LogP contribution < -0.4 is 10.9 Å². The fraction of sp³-hybridized carbons (Fsp3) is 0.966. The Morgan fingerprint density at radius 1 is 1.05 bits per heavy atom. The molecular formula is C29H47F3N4O3. The van der Waals surface area contributed by atoms with Gasteiger partial charge in [-0.25, -0.2) is 10.9 Å². The van der Waals surface area contributed by atoms with E-state index in [0.29, 0.717) is 25.6 Å². The lowest BCUT2D eigenvalue weighted by molar-refractivity contribution is -0.208. The molecule has 3 saturated heterocycles. The SMILES string of the molecule is CN1CNNC1CC1(C2CCCC(N3CC4C(CC(C(O)C5CCCCC5)CC4C(F)(F)F)C3=O)C2)COC1. The van der Waals surface area contributed by atoms with Crippen molar-refractivity contribution in [2.75, 3.05) is 33.5 Å². The molecular weight excluding hydrogens is 509 g/mol. The largest absolute Gasteiger partial charge is 0.393 e. The van der Waals surface area contributed by atoms with E-state index in [1.54, 1.807) is 0 Å². The molecule has 0 radical (unpaired) electrons. The Kier molecular flexibility index (Phi) is 7.98. The molecule has 7 nitrogen and oxygen atoms in total. The van der Waals surface area contributed by atoms with Gasteiger partial charge in [0.05, 0.1) is 38.1 Å². The summed E-state index contributed by atoms with van der Waals surface area (Å²) in [7, 11) is 2.09. The van der Waals surface area contributed by atoms with Gasteiger partial charge in [-0.05, 0) is 82.1 Å². The van der Waals surface area contributed by atoms with Crippen molar-refractivity contribution in [2.24, 2.45) is 40.9 Å². The van der Waals surface area contributed by atoms with E-state index in [-0.39, 0.29) is 42.4 Å². The maximum absolute atomic E-state index is 14.4. The minimum atomic E-state index is -4.35. The van der Waals surface area contributed by atoms with Crippen LogP contribution in [0.1, 0.15) is 77.0 Å². The Morgan fingerprint density at radius 3 is 2.46 bits per heavy atom. The molecule has 3 N–H and O–H groups in total. The molecule has 10 heteroatoms. The third kappa shape index (κ3) is 5.38. The van der Waals surface area contributed by atoms with E-state index in [9.17, 15) is 23.1 Å². The van der Waals surface area contributed by atoms with E-state index in [4.69, 9.17) is 4.74 Å². The number of aliphatic hydroxyl groups is 1. The van der Waals surface area contributed by atoms with Crippen LogP contribution in [0.3, 0.4) is 0 Å². The van der Waals surface area contributed by atoms with E-state index < -0.39 is 36.0 Å². The predicted octanol–water partition coefficient (Wildman–Crippen LogP) is 3.88. The fourth-order valence-electron chi connectivity index (χ4n) is 9.28. The normalized spacial score (nSPS) is 40.9. The Morgan fingerprint density at radius 2 is 1.82 bits per heavy atom. The third-order valence-electron chi connectivity index (χ3n) is 11.7. The van der Waals surface area contributed by atoms with Crippen molar-refractivity contribution in [3.8, 4) is 0 Å². The maximum Gasteiger partial charge on any atom is 0.392 e. The van der Waals surface area contributed by atoms with Gasteiger partial charge in [0.1, 0.15) is 0 Å². The number of nitrogens with zero attached hydrogens (tertiary/aromatic N) is 2. The van der Waals surface area contributed by atoms with Crippen LogP contribution in [0.5, 0.6) is 0 Å². The summed E-state index contributed by atoms with van der Waals surface area (Å²) in [6.45, 7) is 2.44. The summed E-state index contributed by atoms with van der Waals surface area (Å²) < 4.78 is 49.0. The number of likely N-dealkylation sites (tertiary alicyclic amines) is 1. The second-order valence-corrected chi connectivity index (χ2v) is 13.9. The molecule has 0 aromatic carbocycles. The van der Waals surface area contributed by atoms with E-state index in [1.807, 2.05) is 4.90 Å².